The molecule has 1 N–H and O–H groups in total. The first kappa shape index (κ1) is 18.7. The van der Waals surface area contributed by atoms with Gasteiger partial charge in [-0.2, -0.15) is 4.73 Å². The summed E-state index contributed by atoms with van der Waals surface area (Å²) in [7, 11) is 0. The van der Waals surface area contributed by atoms with Crippen molar-refractivity contribution < 1.29 is 19.1 Å². The standard InChI is InChI=1S/C18H19ClN2O4/c1-12(2)25-17(22)10-16(14-7-3-4-8-15(14)19)20-18(23)13-6-5-9-21(24)11-13/h3-9,11-12,16H,10H2,1-2H3,(H,20,23)/t16-/m0/s1. The van der Waals surface area contributed by atoms with Crippen LogP contribution in [-0.4, -0.2) is 18.0 Å². The minimum atomic E-state index is -0.673. The van der Waals surface area contributed by atoms with E-state index in [1.807, 2.05) is 0 Å². The van der Waals surface area contributed by atoms with Gasteiger partial charge in [0, 0.05) is 11.1 Å². The molecule has 6 nitrogen and oxygen atoms in total. The van der Waals surface area contributed by atoms with Gasteiger partial charge < -0.3 is 15.3 Å². The highest BCUT2D eigenvalue weighted by atomic mass is 35.5. The van der Waals surface area contributed by atoms with Gasteiger partial charge >= 0.3 is 5.97 Å². The number of rotatable bonds is 6. The fourth-order valence-corrected chi connectivity index (χ4v) is 2.57. The fraction of sp³-hybridized carbons (Fsp3) is 0.278. The van der Waals surface area contributed by atoms with Crippen LogP contribution in [0.15, 0.2) is 48.8 Å². The molecule has 0 spiro atoms. The zero-order chi connectivity index (χ0) is 18.4. The number of amides is 1. The summed E-state index contributed by atoms with van der Waals surface area (Å²) in [6, 6.07) is 9.25. The van der Waals surface area contributed by atoms with Crippen LogP contribution in [0.4, 0.5) is 0 Å². The Kier molecular flexibility index (Phi) is 6.36. The van der Waals surface area contributed by atoms with E-state index < -0.39 is 17.9 Å². The molecule has 0 aliphatic heterocycles. The summed E-state index contributed by atoms with van der Waals surface area (Å²) in [5.41, 5.74) is 0.788. The van der Waals surface area contributed by atoms with E-state index in [4.69, 9.17) is 16.3 Å². The fourth-order valence-electron chi connectivity index (χ4n) is 2.30. The Bertz CT molecular complexity index is 764. The van der Waals surface area contributed by atoms with E-state index in [2.05, 4.69) is 5.32 Å². The van der Waals surface area contributed by atoms with E-state index in [-0.39, 0.29) is 18.1 Å². The predicted octanol–water partition coefficient (Wildman–Crippen LogP) is 2.79. The van der Waals surface area contributed by atoms with Crippen molar-refractivity contribution in [3.63, 3.8) is 0 Å². The second-order valence-corrected chi connectivity index (χ2v) is 6.15. The third-order valence-corrected chi connectivity index (χ3v) is 3.71. The van der Waals surface area contributed by atoms with E-state index in [0.717, 1.165) is 6.20 Å². The van der Waals surface area contributed by atoms with Crippen LogP contribution < -0.4 is 10.0 Å². The molecule has 1 aromatic heterocycles. The van der Waals surface area contributed by atoms with Crippen LogP contribution in [-0.2, 0) is 9.53 Å². The lowest BCUT2D eigenvalue weighted by atomic mass is 10.0. The second-order valence-electron chi connectivity index (χ2n) is 5.74. The molecule has 2 aromatic rings. The lowest BCUT2D eigenvalue weighted by Crippen LogP contribution is -2.33. The van der Waals surface area contributed by atoms with Gasteiger partial charge in [0.2, 0.25) is 0 Å². The zero-order valence-corrected chi connectivity index (χ0v) is 14.7. The summed E-state index contributed by atoms with van der Waals surface area (Å²) in [5.74, 6) is -0.931. The highest BCUT2D eigenvalue weighted by molar-refractivity contribution is 6.31. The number of carbonyl (C=O) groups excluding carboxylic acids is 2. The Morgan fingerprint density at radius 2 is 1.96 bits per heavy atom. The van der Waals surface area contributed by atoms with Crippen molar-refractivity contribution in [3.8, 4) is 0 Å². The molecule has 0 saturated heterocycles. The van der Waals surface area contributed by atoms with E-state index in [0.29, 0.717) is 15.3 Å². The number of hydrogen-bond donors (Lipinski definition) is 1. The van der Waals surface area contributed by atoms with Crippen LogP contribution in [0.2, 0.25) is 5.02 Å². The largest absolute Gasteiger partial charge is 0.619 e. The molecule has 0 fully saturated rings. The Balaban J connectivity index is 2.23. The maximum Gasteiger partial charge on any atom is 0.308 e. The van der Waals surface area contributed by atoms with Crippen LogP contribution in [0, 0.1) is 5.21 Å². The molecule has 2 rings (SSSR count). The van der Waals surface area contributed by atoms with Crippen molar-refractivity contribution >= 4 is 23.5 Å². The average molecular weight is 363 g/mol. The van der Waals surface area contributed by atoms with Gasteiger partial charge in [0.25, 0.3) is 5.91 Å². The summed E-state index contributed by atoms with van der Waals surface area (Å²) in [6.07, 6.45) is 2.11. The molecule has 1 heterocycles. The average Bonchev–Trinajstić information content (AvgIpc) is 2.54. The predicted molar refractivity (Wildman–Crippen MR) is 92.9 cm³/mol. The number of aromatic nitrogens is 1. The van der Waals surface area contributed by atoms with Crippen LogP contribution in [0.25, 0.3) is 0 Å². The molecule has 0 aliphatic carbocycles. The Labute approximate surface area is 151 Å². The van der Waals surface area contributed by atoms with Gasteiger partial charge in [0.15, 0.2) is 12.4 Å². The number of hydrogen-bond acceptors (Lipinski definition) is 4. The topological polar surface area (TPSA) is 82.3 Å². The molecule has 1 aromatic carbocycles. The Hall–Kier alpha value is -2.60. The summed E-state index contributed by atoms with van der Waals surface area (Å²) in [6.45, 7) is 3.50. The van der Waals surface area contributed by atoms with Crippen molar-refractivity contribution in [2.45, 2.75) is 32.4 Å². The van der Waals surface area contributed by atoms with Crippen molar-refractivity contribution in [3.05, 3.63) is 70.1 Å². The molecule has 1 atom stereocenters. The van der Waals surface area contributed by atoms with Crippen molar-refractivity contribution in [2.24, 2.45) is 0 Å². The van der Waals surface area contributed by atoms with Gasteiger partial charge in [0.05, 0.1) is 18.6 Å². The molecular weight excluding hydrogens is 344 g/mol. The maximum atomic E-state index is 12.4. The van der Waals surface area contributed by atoms with Gasteiger partial charge in [-0.3, -0.25) is 9.59 Å². The van der Waals surface area contributed by atoms with Crippen LogP contribution >= 0.6 is 11.6 Å². The number of pyridine rings is 1. The van der Waals surface area contributed by atoms with Crippen LogP contribution in [0.3, 0.4) is 0 Å². The van der Waals surface area contributed by atoms with Crippen molar-refractivity contribution in [1.82, 2.24) is 5.32 Å². The zero-order valence-electron chi connectivity index (χ0n) is 13.9. The smallest absolute Gasteiger partial charge is 0.308 e. The number of esters is 1. The number of ether oxygens (including phenoxy) is 1. The summed E-state index contributed by atoms with van der Waals surface area (Å²) in [5, 5.41) is 14.5. The lowest BCUT2D eigenvalue weighted by molar-refractivity contribution is -0.605. The molecule has 0 saturated carbocycles. The first-order valence-electron chi connectivity index (χ1n) is 7.80. The van der Waals surface area contributed by atoms with E-state index >= 15 is 0 Å². The molecule has 1 amide bonds. The highest BCUT2D eigenvalue weighted by Gasteiger charge is 2.23. The first-order chi connectivity index (χ1) is 11.9. The van der Waals surface area contributed by atoms with Gasteiger partial charge in [-0.25, -0.2) is 0 Å². The van der Waals surface area contributed by atoms with Crippen LogP contribution in [0.5, 0.6) is 0 Å². The second kappa shape index (κ2) is 8.48. The third kappa shape index (κ3) is 5.46. The highest BCUT2D eigenvalue weighted by Crippen LogP contribution is 2.26. The maximum absolute atomic E-state index is 12.4. The van der Waals surface area contributed by atoms with E-state index in [9.17, 15) is 14.8 Å². The van der Waals surface area contributed by atoms with Crippen LogP contribution in [0.1, 0.15) is 42.2 Å². The third-order valence-electron chi connectivity index (χ3n) is 3.36. The minimum Gasteiger partial charge on any atom is -0.619 e. The molecule has 0 bridgehead atoms. The number of carbonyl (C=O) groups is 2. The Morgan fingerprint density at radius 1 is 1.24 bits per heavy atom. The summed E-state index contributed by atoms with van der Waals surface area (Å²) in [4.78, 5) is 24.5. The SMILES string of the molecule is CC(C)OC(=O)C[C@H](NC(=O)c1ccc[n+]([O-])c1)c1ccccc1Cl. The van der Waals surface area contributed by atoms with E-state index in [1.165, 1.54) is 18.3 Å². The number of nitrogens with zero attached hydrogens (tertiary/aromatic N) is 1. The Morgan fingerprint density at radius 3 is 2.60 bits per heavy atom. The molecule has 7 heteroatoms. The minimum absolute atomic E-state index is 0.0716. The van der Waals surface area contributed by atoms with E-state index in [1.54, 1.807) is 38.1 Å². The van der Waals surface area contributed by atoms with Crippen molar-refractivity contribution in [2.75, 3.05) is 0 Å². The van der Waals surface area contributed by atoms with Gasteiger partial charge in [-0.15, -0.1) is 0 Å². The first-order valence-corrected chi connectivity index (χ1v) is 8.18. The summed E-state index contributed by atoms with van der Waals surface area (Å²) >= 11 is 6.21. The van der Waals surface area contributed by atoms with Gasteiger partial charge in [-0.1, -0.05) is 29.8 Å². The molecular formula is C18H19ClN2O4. The number of nitrogens with one attached hydrogen (secondary N) is 1. The molecule has 132 valence electrons. The number of halogens is 1. The molecule has 25 heavy (non-hydrogen) atoms. The van der Waals surface area contributed by atoms with Crippen molar-refractivity contribution in [1.29, 1.82) is 0 Å². The van der Waals surface area contributed by atoms with Gasteiger partial charge in [0.1, 0.15) is 5.56 Å². The normalized spacial score (nSPS) is 11.8. The summed E-state index contributed by atoms with van der Waals surface area (Å²) < 4.78 is 5.70. The quantitative estimate of drug-likeness (QED) is 0.486. The monoisotopic (exact) mass is 362 g/mol. The molecule has 0 aliphatic rings. The van der Waals surface area contributed by atoms with Gasteiger partial charge in [-0.05, 0) is 31.5 Å². The molecule has 0 unspecified atom stereocenters. The molecule has 0 radical (unpaired) electrons. The number of benzene rings is 1. The lowest BCUT2D eigenvalue weighted by Gasteiger charge is -2.20.